The summed E-state index contributed by atoms with van der Waals surface area (Å²) in [6, 6.07) is 16.6. The number of anilines is 1. The number of benzene rings is 1. The highest BCUT2D eigenvalue weighted by Crippen LogP contribution is 2.46. The molecule has 0 bridgehead atoms. The molecule has 2 aliphatic rings. The van der Waals surface area contributed by atoms with E-state index in [9.17, 15) is 4.79 Å². The summed E-state index contributed by atoms with van der Waals surface area (Å²) in [6.07, 6.45) is 10.9. The lowest BCUT2D eigenvalue weighted by atomic mass is 9.69. The molecule has 178 valence electrons. The second-order valence-electron chi connectivity index (χ2n) is 9.93. The molecule has 1 aliphatic heterocycles. The molecular weight excluding hydrogens is 438 g/mol. The molecule has 35 heavy (non-hydrogen) atoms. The molecule has 4 aromatic rings. The standard InChI is InChI=1S/C27H29N7O/c1-32(2)27(21-8-4-3-5-9-21)13-11-26(12-14-27)19-34(25(35)31-26)22-17-29-24(30-18-22)33-16-10-20-7-6-15-28-23(20)33/h3-10,15-18H,11-14,19H2,1-2H3,(H,31,35)/t26-,27+. The number of fused-ring (bicyclic) bond motifs is 1. The summed E-state index contributed by atoms with van der Waals surface area (Å²) in [5.74, 6) is 0.535. The van der Waals surface area contributed by atoms with Gasteiger partial charge in [0.05, 0.1) is 30.2 Å². The molecule has 1 aliphatic carbocycles. The Kier molecular flexibility index (Phi) is 5.07. The third kappa shape index (κ3) is 3.56. The summed E-state index contributed by atoms with van der Waals surface area (Å²) in [7, 11) is 4.32. The van der Waals surface area contributed by atoms with Crippen LogP contribution in [-0.4, -0.2) is 56.6 Å². The van der Waals surface area contributed by atoms with Gasteiger partial charge in [0, 0.05) is 23.3 Å². The van der Waals surface area contributed by atoms with Crippen LogP contribution >= 0.6 is 0 Å². The van der Waals surface area contributed by atoms with E-state index in [4.69, 9.17) is 0 Å². The quantitative estimate of drug-likeness (QED) is 0.489. The molecular formula is C27H29N7O. The van der Waals surface area contributed by atoms with E-state index in [2.05, 4.69) is 69.6 Å². The molecule has 8 heteroatoms. The van der Waals surface area contributed by atoms with Gasteiger partial charge in [-0.3, -0.25) is 14.4 Å². The Morgan fingerprint density at radius 3 is 2.37 bits per heavy atom. The van der Waals surface area contributed by atoms with Gasteiger partial charge in [0.1, 0.15) is 5.65 Å². The number of hydrogen-bond donors (Lipinski definition) is 1. The molecule has 0 unspecified atom stereocenters. The van der Waals surface area contributed by atoms with E-state index < -0.39 is 0 Å². The van der Waals surface area contributed by atoms with E-state index in [1.165, 1.54) is 5.56 Å². The van der Waals surface area contributed by atoms with Crippen molar-refractivity contribution in [3.8, 4) is 5.95 Å². The van der Waals surface area contributed by atoms with Gasteiger partial charge < -0.3 is 5.32 Å². The maximum Gasteiger partial charge on any atom is 0.322 e. The Balaban J connectivity index is 1.21. The first-order valence-electron chi connectivity index (χ1n) is 12.1. The first-order valence-corrected chi connectivity index (χ1v) is 12.1. The lowest BCUT2D eigenvalue weighted by molar-refractivity contribution is 0.0658. The molecule has 1 N–H and O–H groups in total. The topological polar surface area (TPSA) is 79.2 Å². The molecule has 2 amide bonds. The SMILES string of the molecule is CN(C)[C@]1(c2ccccc2)CC[C@]2(CC1)CN(c1cnc(-n3ccc4cccnc43)nc1)C(=O)N2. The third-order valence-electron chi connectivity index (χ3n) is 7.88. The van der Waals surface area contributed by atoms with Crippen LogP contribution in [0.2, 0.25) is 0 Å². The van der Waals surface area contributed by atoms with Crippen molar-refractivity contribution in [3.05, 3.63) is 78.9 Å². The van der Waals surface area contributed by atoms with Crippen molar-refractivity contribution in [3.63, 3.8) is 0 Å². The van der Waals surface area contributed by atoms with Crippen molar-refractivity contribution in [2.24, 2.45) is 0 Å². The highest BCUT2D eigenvalue weighted by molar-refractivity contribution is 5.95. The predicted molar refractivity (Wildman–Crippen MR) is 136 cm³/mol. The molecule has 0 radical (unpaired) electrons. The number of carbonyl (C=O) groups is 1. The summed E-state index contributed by atoms with van der Waals surface area (Å²) < 4.78 is 1.86. The van der Waals surface area contributed by atoms with E-state index in [0.717, 1.165) is 36.7 Å². The Morgan fingerprint density at radius 2 is 1.66 bits per heavy atom. The van der Waals surface area contributed by atoms with Gasteiger partial charge in [-0.1, -0.05) is 30.3 Å². The van der Waals surface area contributed by atoms with Crippen LogP contribution in [0.15, 0.2) is 73.3 Å². The summed E-state index contributed by atoms with van der Waals surface area (Å²) >= 11 is 0. The molecule has 1 aromatic carbocycles. The fourth-order valence-electron chi connectivity index (χ4n) is 5.79. The zero-order valence-corrected chi connectivity index (χ0v) is 20.1. The number of hydrogen-bond acceptors (Lipinski definition) is 5. The smallest absolute Gasteiger partial charge is 0.322 e. The summed E-state index contributed by atoms with van der Waals surface area (Å²) in [5, 5.41) is 4.34. The minimum absolute atomic E-state index is 0.0109. The molecule has 1 saturated heterocycles. The zero-order chi connectivity index (χ0) is 24.0. The number of nitrogens with one attached hydrogen (secondary N) is 1. The van der Waals surface area contributed by atoms with Crippen molar-refractivity contribution >= 4 is 22.8 Å². The summed E-state index contributed by atoms with van der Waals surface area (Å²) in [4.78, 5) is 30.7. The van der Waals surface area contributed by atoms with Gasteiger partial charge in [-0.2, -0.15) is 0 Å². The van der Waals surface area contributed by atoms with Gasteiger partial charge in [-0.25, -0.2) is 19.7 Å². The maximum atomic E-state index is 13.0. The Morgan fingerprint density at radius 1 is 0.914 bits per heavy atom. The van der Waals surface area contributed by atoms with Crippen LogP contribution in [0.4, 0.5) is 10.5 Å². The van der Waals surface area contributed by atoms with Crippen molar-refractivity contribution in [1.82, 2.24) is 29.7 Å². The minimum atomic E-state index is -0.232. The van der Waals surface area contributed by atoms with Gasteiger partial charge >= 0.3 is 6.03 Å². The van der Waals surface area contributed by atoms with Crippen LogP contribution in [0.25, 0.3) is 17.0 Å². The van der Waals surface area contributed by atoms with Crippen molar-refractivity contribution in [2.75, 3.05) is 25.5 Å². The number of amides is 2. The third-order valence-corrected chi connectivity index (χ3v) is 7.88. The molecule has 3 aromatic heterocycles. The number of urea groups is 1. The average Bonchev–Trinajstić information content (AvgIpc) is 3.46. The van der Waals surface area contributed by atoms with Crippen LogP contribution in [0.3, 0.4) is 0 Å². The number of nitrogens with zero attached hydrogens (tertiary/aromatic N) is 6. The van der Waals surface area contributed by atoms with Gasteiger partial charge in [-0.05, 0) is 63.5 Å². The summed E-state index contributed by atoms with van der Waals surface area (Å²) in [5.41, 5.74) is 2.62. The normalized spacial score (nSPS) is 24.4. The van der Waals surface area contributed by atoms with Crippen LogP contribution in [0.1, 0.15) is 31.2 Å². The summed E-state index contributed by atoms with van der Waals surface area (Å²) in [6.45, 7) is 0.626. The van der Waals surface area contributed by atoms with Crippen LogP contribution in [0.5, 0.6) is 0 Å². The van der Waals surface area contributed by atoms with Gasteiger partial charge in [0.25, 0.3) is 0 Å². The monoisotopic (exact) mass is 467 g/mol. The first kappa shape index (κ1) is 21.7. The molecule has 0 atom stereocenters. The largest absolute Gasteiger partial charge is 0.330 e. The Bertz CT molecular complexity index is 1360. The minimum Gasteiger partial charge on any atom is -0.330 e. The fourth-order valence-corrected chi connectivity index (χ4v) is 5.79. The molecule has 1 spiro atoms. The van der Waals surface area contributed by atoms with Gasteiger partial charge in [0.15, 0.2) is 0 Å². The molecule has 2 fully saturated rings. The first-order chi connectivity index (χ1) is 17.0. The number of aromatic nitrogens is 4. The van der Waals surface area contributed by atoms with Crippen molar-refractivity contribution < 1.29 is 4.79 Å². The lowest BCUT2D eigenvalue weighted by Gasteiger charge is -2.48. The molecule has 8 nitrogen and oxygen atoms in total. The average molecular weight is 468 g/mol. The number of rotatable bonds is 4. The van der Waals surface area contributed by atoms with Gasteiger partial charge in [-0.15, -0.1) is 0 Å². The van der Waals surface area contributed by atoms with Crippen LogP contribution < -0.4 is 10.2 Å². The molecule has 4 heterocycles. The van der Waals surface area contributed by atoms with E-state index in [-0.39, 0.29) is 17.1 Å². The van der Waals surface area contributed by atoms with E-state index in [0.29, 0.717) is 18.2 Å². The lowest BCUT2D eigenvalue weighted by Crippen LogP contribution is -2.54. The number of carbonyl (C=O) groups excluding carboxylic acids is 1. The van der Waals surface area contributed by atoms with Crippen molar-refractivity contribution in [2.45, 2.75) is 36.8 Å². The molecule has 1 saturated carbocycles. The Hall–Kier alpha value is -3.78. The number of pyridine rings is 1. The fraction of sp³-hybridized carbons (Fsp3) is 0.333. The zero-order valence-electron chi connectivity index (χ0n) is 20.1. The van der Waals surface area contributed by atoms with Crippen molar-refractivity contribution in [1.29, 1.82) is 0 Å². The Labute approximate surface area is 204 Å². The van der Waals surface area contributed by atoms with E-state index in [1.807, 2.05) is 29.0 Å². The van der Waals surface area contributed by atoms with Crippen LogP contribution in [-0.2, 0) is 5.54 Å². The second-order valence-corrected chi connectivity index (χ2v) is 9.93. The van der Waals surface area contributed by atoms with E-state index in [1.54, 1.807) is 23.5 Å². The highest BCUT2D eigenvalue weighted by Gasteiger charge is 2.50. The molecule has 6 rings (SSSR count). The second kappa shape index (κ2) is 8.16. The maximum absolute atomic E-state index is 13.0. The van der Waals surface area contributed by atoms with E-state index >= 15 is 0 Å². The van der Waals surface area contributed by atoms with Gasteiger partial charge in [0.2, 0.25) is 5.95 Å². The van der Waals surface area contributed by atoms with Crippen LogP contribution in [0, 0.1) is 0 Å². The predicted octanol–water partition coefficient (Wildman–Crippen LogP) is 4.12. The highest BCUT2D eigenvalue weighted by atomic mass is 16.2.